The zero-order valence-electron chi connectivity index (χ0n) is 15.3. The van der Waals surface area contributed by atoms with E-state index in [1.807, 2.05) is 30.0 Å². The number of likely N-dealkylation sites (N-methyl/N-ethyl adjacent to an activating group) is 1. The number of nitrogens with one attached hydrogen (secondary N) is 1. The summed E-state index contributed by atoms with van der Waals surface area (Å²) in [6, 6.07) is 11.1. The van der Waals surface area contributed by atoms with Crippen molar-refractivity contribution in [3.63, 3.8) is 0 Å². The van der Waals surface area contributed by atoms with E-state index in [1.165, 1.54) is 4.90 Å². The Kier molecular flexibility index (Phi) is 7.48. The van der Waals surface area contributed by atoms with Crippen molar-refractivity contribution in [1.29, 1.82) is 10.5 Å². The second kappa shape index (κ2) is 10.0. The third-order valence-corrected chi connectivity index (χ3v) is 4.18. The third-order valence-electron chi connectivity index (χ3n) is 4.18. The Balaban J connectivity index is 2.10. The molecule has 140 valence electrons. The standard InChI is InChI=1S/C19H22N6O2/c1-2-24(14-18(26)25(11-5-9-20)12-6-10-21)13-17-22-16-8-4-3-7-15(16)19(27)23-17/h3-4,7-8H,2,5-6,11-14H2,1H3,(H,22,23,27). The van der Waals surface area contributed by atoms with Crippen molar-refractivity contribution in [3.05, 3.63) is 40.4 Å². The summed E-state index contributed by atoms with van der Waals surface area (Å²) in [6.07, 6.45) is 0.450. The molecule has 0 bridgehead atoms. The Morgan fingerprint density at radius 3 is 2.48 bits per heavy atom. The van der Waals surface area contributed by atoms with Gasteiger partial charge in [0, 0.05) is 13.1 Å². The van der Waals surface area contributed by atoms with Crippen molar-refractivity contribution < 1.29 is 4.79 Å². The summed E-state index contributed by atoms with van der Waals surface area (Å²) >= 11 is 0. The van der Waals surface area contributed by atoms with Crippen LogP contribution in [0.4, 0.5) is 0 Å². The highest BCUT2D eigenvalue weighted by molar-refractivity contribution is 5.78. The molecule has 0 atom stereocenters. The predicted octanol–water partition coefficient (Wildman–Crippen LogP) is 1.40. The predicted molar refractivity (Wildman–Crippen MR) is 100 cm³/mol. The highest BCUT2D eigenvalue weighted by Gasteiger charge is 2.17. The van der Waals surface area contributed by atoms with E-state index in [-0.39, 0.29) is 30.9 Å². The number of hydrogen-bond acceptors (Lipinski definition) is 6. The SMILES string of the molecule is CCN(CC(=O)N(CCC#N)CCC#N)Cc1nc2ccccc2c(=O)[nH]1. The van der Waals surface area contributed by atoms with Crippen LogP contribution in [0.25, 0.3) is 10.9 Å². The molecule has 0 spiro atoms. The van der Waals surface area contributed by atoms with Crippen LogP contribution in [0, 0.1) is 22.7 Å². The number of fused-ring (bicyclic) bond motifs is 1. The highest BCUT2D eigenvalue weighted by atomic mass is 16.2. The summed E-state index contributed by atoms with van der Waals surface area (Å²) in [5.74, 6) is 0.347. The first kappa shape index (κ1) is 20.1. The van der Waals surface area contributed by atoms with Crippen molar-refractivity contribution in [2.24, 2.45) is 0 Å². The molecule has 0 radical (unpaired) electrons. The van der Waals surface area contributed by atoms with Crippen molar-refractivity contribution >= 4 is 16.8 Å². The van der Waals surface area contributed by atoms with E-state index in [4.69, 9.17) is 10.5 Å². The summed E-state index contributed by atoms with van der Waals surface area (Å²) in [4.78, 5) is 35.4. The summed E-state index contributed by atoms with van der Waals surface area (Å²) in [6.45, 7) is 3.57. The van der Waals surface area contributed by atoms with Gasteiger partial charge in [0.2, 0.25) is 5.91 Å². The first-order valence-corrected chi connectivity index (χ1v) is 8.81. The van der Waals surface area contributed by atoms with Crippen LogP contribution in [-0.2, 0) is 11.3 Å². The second-order valence-corrected chi connectivity index (χ2v) is 6.03. The van der Waals surface area contributed by atoms with E-state index < -0.39 is 0 Å². The quantitative estimate of drug-likeness (QED) is 0.717. The Morgan fingerprint density at radius 2 is 1.85 bits per heavy atom. The minimum Gasteiger partial charge on any atom is -0.340 e. The van der Waals surface area contributed by atoms with Gasteiger partial charge in [-0.3, -0.25) is 14.5 Å². The van der Waals surface area contributed by atoms with Crippen LogP contribution < -0.4 is 5.56 Å². The molecule has 0 aliphatic carbocycles. The first-order valence-electron chi connectivity index (χ1n) is 8.81. The summed E-state index contributed by atoms with van der Waals surface area (Å²) < 4.78 is 0. The number of benzene rings is 1. The third kappa shape index (κ3) is 5.63. The number of amides is 1. The Morgan fingerprint density at radius 1 is 1.19 bits per heavy atom. The van der Waals surface area contributed by atoms with Crippen LogP contribution in [-0.4, -0.2) is 51.9 Å². The molecule has 2 rings (SSSR count). The topological polar surface area (TPSA) is 117 Å². The average molecular weight is 366 g/mol. The smallest absolute Gasteiger partial charge is 0.258 e. The van der Waals surface area contributed by atoms with Crippen LogP contribution in [0.1, 0.15) is 25.6 Å². The lowest BCUT2D eigenvalue weighted by Gasteiger charge is -2.25. The highest BCUT2D eigenvalue weighted by Crippen LogP contribution is 2.07. The molecule has 0 unspecified atom stereocenters. The van der Waals surface area contributed by atoms with Crippen molar-refractivity contribution in [2.75, 3.05) is 26.2 Å². The Hall–Kier alpha value is -3.23. The van der Waals surface area contributed by atoms with Gasteiger partial charge >= 0.3 is 0 Å². The maximum absolute atomic E-state index is 12.6. The number of rotatable bonds is 9. The molecule has 2 aromatic rings. The fourth-order valence-electron chi connectivity index (χ4n) is 2.72. The van der Waals surface area contributed by atoms with Gasteiger partial charge in [0.1, 0.15) is 5.82 Å². The zero-order chi connectivity index (χ0) is 19.6. The molecule has 0 fully saturated rings. The van der Waals surface area contributed by atoms with Gasteiger partial charge in [-0.05, 0) is 18.7 Å². The lowest BCUT2D eigenvalue weighted by atomic mass is 10.2. The maximum Gasteiger partial charge on any atom is 0.258 e. The van der Waals surface area contributed by atoms with Gasteiger partial charge in [-0.25, -0.2) is 4.98 Å². The molecule has 1 aromatic carbocycles. The minimum atomic E-state index is -0.206. The van der Waals surface area contributed by atoms with Crippen molar-refractivity contribution in [1.82, 2.24) is 19.8 Å². The fourth-order valence-corrected chi connectivity index (χ4v) is 2.72. The molecule has 8 heteroatoms. The lowest BCUT2D eigenvalue weighted by molar-refractivity contribution is -0.132. The molecular formula is C19H22N6O2. The number of aromatic amines is 1. The van der Waals surface area contributed by atoms with Gasteiger partial charge in [-0.1, -0.05) is 19.1 Å². The molecule has 0 aliphatic heterocycles. The average Bonchev–Trinajstić information content (AvgIpc) is 2.67. The number of carbonyl (C=O) groups excluding carboxylic acids is 1. The van der Waals surface area contributed by atoms with E-state index in [0.717, 1.165) is 0 Å². The number of nitriles is 2. The number of hydrogen-bond donors (Lipinski definition) is 1. The fraction of sp³-hybridized carbons (Fsp3) is 0.421. The van der Waals surface area contributed by atoms with Gasteiger partial charge in [0.25, 0.3) is 5.56 Å². The molecule has 27 heavy (non-hydrogen) atoms. The number of para-hydroxylation sites is 1. The summed E-state index contributed by atoms with van der Waals surface area (Å²) in [5.41, 5.74) is 0.408. The van der Waals surface area contributed by atoms with Crippen LogP contribution in [0.2, 0.25) is 0 Å². The van der Waals surface area contributed by atoms with Gasteiger partial charge in [-0.15, -0.1) is 0 Å². The van der Waals surface area contributed by atoms with E-state index in [0.29, 0.717) is 42.9 Å². The summed E-state index contributed by atoms with van der Waals surface area (Å²) in [5, 5.41) is 18.0. The van der Waals surface area contributed by atoms with E-state index in [2.05, 4.69) is 9.97 Å². The zero-order valence-corrected chi connectivity index (χ0v) is 15.3. The van der Waals surface area contributed by atoms with Crippen LogP contribution >= 0.6 is 0 Å². The monoisotopic (exact) mass is 366 g/mol. The molecule has 0 aliphatic rings. The molecular weight excluding hydrogens is 344 g/mol. The first-order chi connectivity index (χ1) is 13.1. The number of aromatic nitrogens is 2. The van der Waals surface area contributed by atoms with E-state index >= 15 is 0 Å². The summed E-state index contributed by atoms with van der Waals surface area (Å²) in [7, 11) is 0. The van der Waals surface area contributed by atoms with Crippen molar-refractivity contribution in [3.8, 4) is 12.1 Å². The van der Waals surface area contributed by atoms with Gasteiger partial charge < -0.3 is 9.88 Å². The second-order valence-electron chi connectivity index (χ2n) is 6.03. The molecule has 1 N–H and O–H groups in total. The molecule has 8 nitrogen and oxygen atoms in total. The lowest BCUT2D eigenvalue weighted by Crippen LogP contribution is -2.41. The molecule has 0 saturated carbocycles. The van der Waals surface area contributed by atoms with E-state index in [1.54, 1.807) is 18.2 Å². The van der Waals surface area contributed by atoms with Crippen LogP contribution in [0.3, 0.4) is 0 Å². The minimum absolute atomic E-state index is 0.129. The molecule has 1 aromatic heterocycles. The molecule has 0 saturated heterocycles. The van der Waals surface area contributed by atoms with Crippen LogP contribution in [0.5, 0.6) is 0 Å². The Bertz CT molecular complexity index is 906. The largest absolute Gasteiger partial charge is 0.340 e. The van der Waals surface area contributed by atoms with Gasteiger partial charge in [0.05, 0.1) is 49.0 Å². The normalized spacial score (nSPS) is 10.5. The molecule has 1 heterocycles. The number of carbonyl (C=O) groups is 1. The maximum atomic E-state index is 12.6. The molecule has 1 amide bonds. The number of nitrogens with zero attached hydrogens (tertiary/aromatic N) is 5. The van der Waals surface area contributed by atoms with Crippen molar-refractivity contribution in [2.45, 2.75) is 26.3 Å². The Labute approximate surface area is 157 Å². The van der Waals surface area contributed by atoms with E-state index in [9.17, 15) is 9.59 Å². The number of H-pyrrole nitrogens is 1. The van der Waals surface area contributed by atoms with Gasteiger partial charge in [-0.2, -0.15) is 10.5 Å². The van der Waals surface area contributed by atoms with Gasteiger partial charge in [0.15, 0.2) is 0 Å². The van der Waals surface area contributed by atoms with Crippen LogP contribution in [0.15, 0.2) is 29.1 Å².